The minimum absolute atomic E-state index is 0.165. The molecule has 1 aromatic carbocycles. The number of carbonyl (C=O) groups is 2. The molecule has 5 nitrogen and oxygen atoms in total. The van der Waals surface area contributed by atoms with E-state index in [-0.39, 0.29) is 18.1 Å². The van der Waals surface area contributed by atoms with Crippen LogP contribution in [0.3, 0.4) is 0 Å². The Morgan fingerprint density at radius 2 is 1.71 bits per heavy atom. The molecule has 1 aliphatic heterocycles. The third-order valence-corrected chi connectivity index (χ3v) is 3.87. The number of nitrogens with zero attached hydrogens (tertiary/aromatic N) is 1. The van der Waals surface area contributed by atoms with Crippen molar-refractivity contribution in [1.82, 2.24) is 10.2 Å². The van der Waals surface area contributed by atoms with Gasteiger partial charge in [0.1, 0.15) is 11.9 Å². The van der Waals surface area contributed by atoms with Crippen molar-refractivity contribution in [2.24, 2.45) is 0 Å². The molecule has 8 heteroatoms. The van der Waals surface area contributed by atoms with Crippen LogP contribution in [0, 0.1) is 17.5 Å². The van der Waals surface area contributed by atoms with Gasteiger partial charge in [-0.3, -0.25) is 9.59 Å². The van der Waals surface area contributed by atoms with Crippen LogP contribution in [0.25, 0.3) is 0 Å². The minimum Gasteiger partial charge on any atom is -0.374 e. The molecule has 1 aromatic rings. The van der Waals surface area contributed by atoms with Crippen molar-refractivity contribution in [3.05, 3.63) is 29.6 Å². The summed E-state index contributed by atoms with van der Waals surface area (Å²) < 4.78 is 39.4. The molecule has 1 fully saturated rings. The Balaban J connectivity index is 1.84. The van der Waals surface area contributed by atoms with E-state index >= 15 is 0 Å². The first kappa shape index (κ1) is 18.1. The molecule has 0 aliphatic carbocycles. The van der Waals surface area contributed by atoms with E-state index in [1.165, 1.54) is 0 Å². The largest absolute Gasteiger partial charge is 0.374 e. The first-order valence-electron chi connectivity index (χ1n) is 7.85. The van der Waals surface area contributed by atoms with Crippen LogP contribution in [0.5, 0.6) is 0 Å². The van der Waals surface area contributed by atoms with Gasteiger partial charge in [-0.2, -0.15) is 0 Å². The van der Waals surface area contributed by atoms with Gasteiger partial charge in [-0.15, -0.1) is 0 Å². The summed E-state index contributed by atoms with van der Waals surface area (Å²) in [6.45, 7) is 2.57. The number of amides is 2. The van der Waals surface area contributed by atoms with Gasteiger partial charge in [0.25, 0.3) is 0 Å². The van der Waals surface area contributed by atoms with E-state index in [1.807, 2.05) is 0 Å². The van der Waals surface area contributed by atoms with Crippen molar-refractivity contribution in [2.45, 2.75) is 32.2 Å². The highest BCUT2D eigenvalue weighted by molar-refractivity contribution is 5.89. The first-order chi connectivity index (χ1) is 11.4. The highest BCUT2D eigenvalue weighted by atomic mass is 19.2. The van der Waals surface area contributed by atoms with Gasteiger partial charge in [-0.1, -0.05) is 0 Å². The number of nitrogens with one attached hydrogen (secondary N) is 2. The summed E-state index contributed by atoms with van der Waals surface area (Å²) in [6, 6.07) is 0.338. The van der Waals surface area contributed by atoms with Crippen LogP contribution in [0.15, 0.2) is 12.1 Å². The van der Waals surface area contributed by atoms with E-state index in [0.717, 1.165) is 19.3 Å². The van der Waals surface area contributed by atoms with Crippen LogP contribution >= 0.6 is 0 Å². The Hall–Kier alpha value is -2.25. The molecule has 2 rings (SSSR count). The van der Waals surface area contributed by atoms with Crippen LogP contribution < -0.4 is 10.6 Å². The molecule has 0 bridgehead atoms. The molecule has 1 saturated heterocycles. The van der Waals surface area contributed by atoms with E-state index in [9.17, 15) is 22.8 Å². The Bertz CT molecular complexity index is 619. The molecular weight excluding hydrogens is 323 g/mol. The molecule has 2 amide bonds. The number of anilines is 1. The fraction of sp³-hybridized carbons (Fsp3) is 0.500. The van der Waals surface area contributed by atoms with Crippen molar-refractivity contribution < 1.29 is 22.8 Å². The Morgan fingerprint density at radius 3 is 2.38 bits per heavy atom. The predicted molar refractivity (Wildman–Crippen MR) is 82.8 cm³/mol. The quantitative estimate of drug-likeness (QED) is 0.805. The summed E-state index contributed by atoms with van der Waals surface area (Å²) in [5.74, 6) is -4.23. The van der Waals surface area contributed by atoms with Gasteiger partial charge >= 0.3 is 0 Å². The predicted octanol–water partition coefficient (Wildman–Crippen LogP) is 2.03. The lowest BCUT2D eigenvalue weighted by atomic mass is 10.1. The minimum atomic E-state index is -1.30. The number of rotatable bonds is 5. The molecule has 0 radical (unpaired) electrons. The van der Waals surface area contributed by atoms with Gasteiger partial charge in [-0.05, 0) is 26.2 Å². The summed E-state index contributed by atoms with van der Waals surface area (Å²) in [7, 11) is 0. The summed E-state index contributed by atoms with van der Waals surface area (Å²) in [6.07, 6.45) is 2.99. The fourth-order valence-corrected chi connectivity index (χ4v) is 2.58. The molecule has 0 aromatic heterocycles. The molecule has 24 heavy (non-hydrogen) atoms. The Labute approximate surface area is 138 Å². The number of halogens is 3. The standard InChI is InChI=1S/C16H20F3N3O2/c1-10(16(24)22-5-3-2-4-6-22)21-15(23)9-20-14-8-12(18)11(17)7-13(14)19/h7-8,10,20H,2-6,9H2,1H3,(H,21,23)/t10-/m0/s1. The second kappa shape index (κ2) is 8.03. The SMILES string of the molecule is C[C@H](NC(=O)CNc1cc(F)c(F)cc1F)C(=O)N1CCCCC1. The first-order valence-corrected chi connectivity index (χ1v) is 7.85. The van der Waals surface area contributed by atoms with Gasteiger partial charge in [0.15, 0.2) is 11.6 Å². The monoisotopic (exact) mass is 343 g/mol. The van der Waals surface area contributed by atoms with Gasteiger partial charge in [0.05, 0.1) is 12.2 Å². The van der Waals surface area contributed by atoms with Gasteiger partial charge in [-0.25, -0.2) is 13.2 Å². The molecule has 1 heterocycles. The highest BCUT2D eigenvalue weighted by Gasteiger charge is 2.23. The maximum absolute atomic E-state index is 13.5. The van der Waals surface area contributed by atoms with Crippen molar-refractivity contribution in [1.29, 1.82) is 0 Å². The number of hydrogen-bond acceptors (Lipinski definition) is 3. The van der Waals surface area contributed by atoms with Crippen molar-refractivity contribution in [2.75, 3.05) is 25.0 Å². The molecular formula is C16H20F3N3O2. The lowest BCUT2D eigenvalue weighted by molar-refractivity contribution is -0.136. The lowest BCUT2D eigenvalue weighted by Gasteiger charge is -2.29. The van der Waals surface area contributed by atoms with Gasteiger partial charge < -0.3 is 15.5 Å². The average molecular weight is 343 g/mol. The van der Waals surface area contributed by atoms with Crippen LogP contribution in [0.4, 0.5) is 18.9 Å². The highest BCUT2D eigenvalue weighted by Crippen LogP contribution is 2.18. The van der Waals surface area contributed by atoms with Crippen LogP contribution in [-0.2, 0) is 9.59 Å². The maximum atomic E-state index is 13.5. The smallest absolute Gasteiger partial charge is 0.244 e. The van der Waals surface area contributed by atoms with E-state index in [0.29, 0.717) is 25.2 Å². The molecule has 132 valence electrons. The van der Waals surface area contributed by atoms with Gasteiger partial charge in [0, 0.05) is 25.2 Å². The average Bonchev–Trinajstić information content (AvgIpc) is 2.57. The lowest BCUT2D eigenvalue weighted by Crippen LogP contribution is -2.49. The number of hydrogen-bond donors (Lipinski definition) is 2. The van der Waals surface area contributed by atoms with E-state index in [2.05, 4.69) is 10.6 Å². The normalized spacial score (nSPS) is 15.8. The zero-order chi connectivity index (χ0) is 17.7. The summed E-state index contributed by atoms with van der Waals surface area (Å²) in [4.78, 5) is 25.7. The summed E-state index contributed by atoms with van der Waals surface area (Å²) >= 11 is 0. The number of carbonyl (C=O) groups excluding carboxylic acids is 2. The second-order valence-electron chi connectivity index (χ2n) is 5.77. The van der Waals surface area contributed by atoms with Crippen molar-refractivity contribution in [3.8, 4) is 0 Å². The topological polar surface area (TPSA) is 61.4 Å². The molecule has 2 N–H and O–H groups in total. The van der Waals surface area contributed by atoms with Crippen LogP contribution in [0.2, 0.25) is 0 Å². The van der Waals surface area contributed by atoms with E-state index in [1.54, 1.807) is 11.8 Å². The van der Waals surface area contributed by atoms with E-state index in [4.69, 9.17) is 0 Å². The van der Waals surface area contributed by atoms with Crippen LogP contribution in [-0.4, -0.2) is 42.4 Å². The molecule has 0 spiro atoms. The third kappa shape index (κ3) is 4.62. The number of piperidine rings is 1. The Morgan fingerprint density at radius 1 is 1.08 bits per heavy atom. The fourth-order valence-electron chi connectivity index (χ4n) is 2.58. The third-order valence-electron chi connectivity index (χ3n) is 3.87. The summed E-state index contributed by atoms with van der Waals surface area (Å²) in [5, 5.41) is 4.90. The van der Waals surface area contributed by atoms with Gasteiger partial charge in [0.2, 0.25) is 11.8 Å². The van der Waals surface area contributed by atoms with Crippen molar-refractivity contribution >= 4 is 17.5 Å². The zero-order valence-corrected chi connectivity index (χ0v) is 13.4. The molecule has 1 aliphatic rings. The molecule has 0 unspecified atom stereocenters. The zero-order valence-electron chi connectivity index (χ0n) is 13.4. The maximum Gasteiger partial charge on any atom is 0.244 e. The van der Waals surface area contributed by atoms with Crippen molar-refractivity contribution in [3.63, 3.8) is 0 Å². The summed E-state index contributed by atoms with van der Waals surface area (Å²) in [5.41, 5.74) is -0.320. The number of benzene rings is 1. The Kier molecular flexibility index (Phi) is 6.05. The van der Waals surface area contributed by atoms with E-state index < -0.39 is 29.4 Å². The molecule has 0 saturated carbocycles. The van der Waals surface area contributed by atoms with Crippen LogP contribution in [0.1, 0.15) is 26.2 Å². The second-order valence-corrected chi connectivity index (χ2v) is 5.77. The molecule has 1 atom stereocenters. The number of likely N-dealkylation sites (tertiary alicyclic amines) is 1.